The highest BCUT2D eigenvalue weighted by atomic mass is 19.1. The van der Waals surface area contributed by atoms with Gasteiger partial charge in [0.05, 0.1) is 6.54 Å². The average Bonchev–Trinajstić information content (AvgIpc) is 3.53. The minimum Gasteiger partial charge on any atom is -0.472 e. The standard InChI is InChI=1S/C26H29FN6O3/c1-3-12-32-24-22(25(34)33(13-4-2)26(32)35)29-23(30-24)17-5-10-21(28-15-17)36-20-11-14-31(16-20)19-8-6-18(27)7-9-19/h5-10,15,20H,3-4,11-14,16H2,1-2H3,(H,29,30). The summed E-state index contributed by atoms with van der Waals surface area (Å²) in [6.45, 7) is 6.26. The number of halogens is 1. The molecular weight excluding hydrogens is 463 g/mol. The lowest BCUT2D eigenvalue weighted by Crippen LogP contribution is -2.40. The lowest BCUT2D eigenvalue weighted by molar-refractivity contribution is 0.216. The highest BCUT2D eigenvalue weighted by Crippen LogP contribution is 2.25. The minimum absolute atomic E-state index is 0.0277. The Morgan fingerprint density at radius 3 is 2.50 bits per heavy atom. The number of hydrogen-bond donors (Lipinski definition) is 1. The molecule has 1 fully saturated rings. The van der Waals surface area contributed by atoms with Crippen LogP contribution in [0.15, 0.2) is 52.2 Å². The van der Waals surface area contributed by atoms with Gasteiger partial charge in [0.1, 0.15) is 23.3 Å². The number of hydrogen-bond acceptors (Lipinski definition) is 6. The number of benzene rings is 1. The molecule has 1 aromatic carbocycles. The van der Waals surface area contributed by atoms with Gasteiger partial charge in [-0.2, -0.15) is 0 Å². The normalized spacial score (nSPS) is 15.6. The molecule has 1 unspecified atom stereocenters. The molecule has 0 saturated carbocycles. The van der Waals surface area contributed by atoms with Crippen molar-refractivity contribution in [1.82, 2.24) is 24.1 Å². The minimum atomic E-state index is -0.359. The van der Waals surface area contributed by atoms with Crippen molar-refractivity contribution in [3.8, 4) is 17.3 Å². The number of imidazole rings is 1. The molecule has 5 rings (SSSR count). The maximum Gasteiger partial charge on any atom is 0.332 e. The molecule has 1 N–H and O–H groups in total. The first kappa shape index (κ1) is 23.8. The van der Waals surface area contributed by atoms with Crippen molar-refractivity contribution in [2.45, 2.75) is 52.3 Å². The van der Waals surface area contributed by atoms with Gasteiger partial charge in [0, 0.05) is 49.6 Å². The third kappa shape index (κ3) is 4.50. The SMILES string of the molecule is CCCn1c(=O)c2[nH]c(-c3ccc(OC4CCN(c5ccc(F)cc5)C4)nc3)nc2n(CCC)c1=O. The van der Waals surface area contributed by atoms with E-state index in [0.717, 1.165) is 25.1 Å². The zero-order valence-corrected chi connectivity index (χ0v) is 20.4. The van der Waals surface area contributed by atoms with Crippen LogP contribution in [0.25, 0.3) is 22.6 Å². The molecule has 0 radical (unpaired) electrons. The first-order chi connectivity index (χ1) is 17.5. The maximum absolute atomic E-state index is 13.2. The van der Waals surface area contributed by atoms with E-state index in [0.29, 0.717) is 54.5 Å². The number of rotatable bonds is 8. The van der Waals surface area contributed by atoms with Gasteiger partial charge in [-0.1, -0.05) is 13.8 Å². The predicted octanol–water partition coefficient (Wildman–Crippen LogP) is 3.57. The van der Waals surface area contributed by atoms with E-state index in [2.05, 4.69) is 19.9 Å². The van der Waals surface area contributed by atoms with Crippen molar-refractivity contribution >= 4 is 16.9 Å². The van der Waals surface area contributed by atoms with E-state index in [1.807, 2.05) is 19.9 Å². The average molecular weight is 493 g/mol. The Balaban J connectivity index is 1.35. The molecular formula is C26H29FN6O3. The fourth-order valence-electron chi connectivity index (χ4n) is 4.62. The summed E-state index contributed by atoms with van der Waals surface area (Å²) in [5, 5.41) is 0. The second-order valence-corrected chi connectivity index (χ2v) is 9.01. The lowest BCUT2D eigenvalue weighted by Gasteiger charge is -2.18. The third-order valence-electron chi connectivity index (χ3n) is 6.39. The van der Waals surface area contributed by atoms with Crippen molar-refractivity contribution in [1.29, 1.82) is 0 Å². The van der Waals surface area contributed by atoms with Crippen molar-refractivity contribution in [2.75, 3.05) is 18.0 Å². The Morgan fingerprint density at radius 1 is 1.06 bits per heavy atom. The highest BCUT2D eigenvalue weighted by molar-refractivity contribution is 5.75. The number of nitrogens with one attached hydrogen (secondary N) is 1. The van der Waals surface area contributed by atoms with Crippen LogP contribution in [0.5, 0.6) is 5.88 Å². The molecule has 10 heteroatoms. The van der Waals surface area contributed by atoms with Gasteiger partial charge >= 0.3 is 5.69 Å². The van der Waals surface area contributed by atoms with Gasteiger partial charge in [-0.25, -0.2) is 19.2 Å². The Labute approximate surface area is 207 Å². The number of aromatic nitrogens is 5. The molecule has 1 saturated heterocycles. The topological polar surface area (TPSA) is 98.0 Å². The summed E-state index contributed by atoms with van der Waals surface area (Å²) in [5.41, 5.74) is 1.65. The van der Waals surface area contributed by atoms with Gasteiger partial charge in [-0.3, -0.25) is 13.9 Å². The number of nitrogens with zero attached hydrogens (tertiary/aromatic N) is 5. The Hall–Kier alpha value is -3.95. The Kier molecular flexibility index (Phi) is 6.58. The molecule has 1 aliphatic heterocycles. The van der Waals surface area contributed by atoms with Gasteiger partial charge in [-0.15, -0.1) is 0 Å². The van der Waals surface area contributed by atoms with E-state index < -0.39 is 0 Å². The summed E-state index contributed by atoms with van der Waals surface area (Å²) in [6.07, 6.45) is 3.88. The summed E-state index contributed by atoms with van der Waals surface area (Å²) in [5.74, 6) is 0.719. The van der Waals surface area contributed by atoms with Crippen molar-refractivity contribution in [3.05, 3.63) is 69.3 Å². The summed E-state index contributed by atoms with van der Waals surface area (Å²) in [4.78, 5) is 40.1. The number of aromatic amines is 1. The quantitative estimate of drug-likeness (QED) is 0.404. The van der Waals surface area contributed by atoms with Crippen LogP contribution in [0.1, 0.15) is 33.1 Å². The zero-order chi connectivity index (χ0) is 25.2. The number of pyridine rings is 1. The fraction of sp³-hybridized carbons (Fsp3) is 0.385. The van der Waals surface area contributed by atoms with Gasteiger partial charge < -0.3 is 14.6 Å². The van der Waals surface area contributed by atoms with Gasteiger partial charge in [0.25, 0.3) is 5.56 Å². The Morgan fingerprint density at radius 2 is 1.81 bits per heavy atom. The molecule has 4 heterocycles. The van der Waals surface area contributed by atoms with E-state index >= 15 is 0 Å². The second-order valence-electron chi connectivity index (χ2n) is 9.01. The molecule has 188 valence electrons. The molecule has 0 amide bonds. The van der Waals surface area contributed by atoms with Gasteiger partial charge in [0.2, 0.25) is 5.88 Å². The molecule has 1 aliphatic rings. The highest BCUT2D eigenvalue weighted by Gasteiger charge is 2.25. The lowest BCUT2D eigenvalue weighted by atomic mass is 10.2. The second kappa shape index (κ2) is 9.96. The largest absolute Gasteiger partial charge is 0.472 e. The molecule has 1 atom stereocenters. The van der Waals surface area contributed by atoms with Crippen molar-refractivity contribution in [2.24, 2.45) is 0 Å². The van der Waals surface area contributed by atoms with Crippen LogP contribution in [0, 0.1) is 5.82 Å². The third-order valence-corrected chi connectivity index (χ3v) is 6.39. The summed E-state index contributed by atoms with van der Waals surface area (Å²) in [6, 6.07) is 10.1. The smallest absolute Gasteiger partial charge is 0.332 e. The van der Waals surface area contributed by atoms with Gasteiger partial charge in [-0.05, 0) is 43.2 Å². The van der Waals surface area contributed by atoms with E-state index in [9.17, 15) is 14.0 Å². The molecule has 0 bridgehead atoms. The molecule has 0 aliphatic carbocycles. The monoisotopic (exact) mass is 492 g/mol. The maximum atomic E-state index is 13.2. The molecule has 36 heavy (non-hydrogen) atoms. The molecule has 4 aromatic rings. The number of ether oxygens (including phenoxy) is 1. The van der Waals surface area contributed by atoms with Crippen LogP contribution in [-0.2, 0) is 13.1 Å². The summed E-state index contributed by atoms with van der Waals surface area (Å²) >= 11 is 0. The van der Waals surface area contributed by atoms with E-state index in [1.165, 1.54) is 16.7 Å². The number of anilines is 1. The Bertz CT molecular complexity index is 1470. The number of aryl methyl sites for hydroxylation is 1. The number of H-pyrrole nitrogens is 1. The van der Waals surface area contributed by atoms with E-state index in [1.54, 1.807) is 29.0 Å². The van der Waals surface area contributed by atoms with Crippen LogP contribution in [-0.4, -0.2) is 43.3 Å². The van der Waals surface area contributed by atoms with Gasteiger partial charge in [0.15, 0.2) is 5.65 Å². The zero-order valence-electron chi connectivity index (χ0n) is 20.4. The van der Waals surface area contributed by atoms with Crippen LogP contribution < -0.4 is 20.9 Å². The molecule has 9 nitrogen and oxygen atoms in total. The van der Waals surface area contributed by atoms with Crippen molar-refractivity contribution in [3.63, 3.8) is 0 Å². The molecule has 0 spiro atoms. The first-order valence-electron chi connectivity index (χ1n) is 12.4. The molecule has 3 aromatic heterocycles. The van der Waals surface area contributed by atoms with Crippen LogP contribution in [0.4, 0.5) is 10.1 Å². The van der Waals surface area contributed by atoms with Crippen molar-refractivity contribution < 1.29 is 9.13 Å². The first-order valence-corrected chi connectivity index (χ1v) is 12.4. The fourth-order valence-corrected chi connectivity index (χ4v) is 4.62. The van der Waals surface area contributed by atoms with Crippen LogP contribution in [0.3, 0.4) is 0 Å². The van der Waals surface area contributed by atoms with Crippen LogP contribution in [0.2, 0.25) is 0 Å². The summed E-state index contributed by atoms with van der Waals surface area (Å²) in [7, 11) is 0. The predicted molar refractivity (Wildman–Crippen MR) is 136 cm³/mol. The summed E-state index contributed by atoms with van der Waals surface area (Å²) < 4.78 is 22.1. The van der Waals surface area contributed by atoms with E-state index in [4.69, 9.17) is 4.74 Å². The van der Waals surface area contributed by atoms with Crippen LogP contribution >= 0.6 is 0 Å². The van der Waals surface area contributed by atoms with E-state index in [-0.39, 0.29) is 23.2 Å². The number of fused-ring (bicyclic) bond motifs is 1.